The number of hydrogen-bond acceptors (Lipinski definition) is 4. The average molecular weight is 334 g/mol. The van der Waals surface area contributed by atoms with Crippen LogP contribution in [0.3, 0.4) is 0 Å². The standard InChI is InChI=1S/C19H30N2O3/c1-14-8-5-6-10-16(14)20-18(22)13-21(2)12-15-9-7-11-17(23-3)19(15)24-4/h7,9,11,14,16H,5-6,8,10,12-13H2,1-4H3,(H,20,22)/t14-,16+/m1/s1. The molecule has 1 N–H and O–H groups in total. The number of carbonyl (C=O) groups is 1. The van der Waals surface area contributed by atoms with Crippen LogP contribution in [0.5, 0.6) is 11.5 Å². The second-order valence-corrected chi connectivity index (χ2v) is 6.76. The van der Waals surface area contributed by atoms with E-state index in [1.165, 1.54) is 19.3 Å². The van der Waals surface area contributed by atoms with Crippen molar-refractivity contribution in [3.8, 4) is 11.5 Å². The van der Waals surface area contributed by atoms with Crippen molar-refractivity contribution in [3.05, 3.63) is 23.8 Å². The molecule has 0 unspecified atom stereocenters. The molecule has 0 aliphatic heterocycles. The van der Waals surface area contributed by atoms with Crippen molar-refractivity contribution in [2.24, 2.45) is 5.92 Å². The number of likely N-dealkylation sites (N-methyl/N-ethyl adjacent to an activating group) is 1. The maximum Gasteiger partial charge on any atom is 0.234 e. The van der Waals surface area contributed by atoms with E-state index in [1.54, 1.807) is 14.2 Å². The van der Waals surface area contributed by atoms with E-state index < -0.39 is 0 Å². The third-order valence-electron chi connectivity index (χ3n) is 4.80. The van der Waals surface area contributed by atoms with Gasteiger partial charge >= 0.3 is 0 Å². The SMILES string of the molecule is COc1cccc(CN(C)CC(=O)N[C@H]2CCCC[C@H]2C)c1OC. The molecule has 1 fully saturated rings. The number of methoxy groups -OCH3 is 2. The van der Waals surface area contributed by atoms with Crippen molar-refractivity contribution in [3.63, 3.8) is 0 Å². The van der Waals surface area contributed by atoms with Gasteiger partial charge in [0.05, 0.1) is 20.8 Å². The number of benzene rings is 1. The number of para-hydroxylation sites is 1. The van der Waals surface area contributed by atoms with Gasteiger partial charge in [0, 0.05) is 18.2 Å². The minimum atomic E-state index is 0.0955. The first-order valence-electron chi connectivity index (χ1n) is 8.73. The first-order valence-corrected chi connectivity index (χ1v) is 8.73. The van der Waals surface area contributed by atoms with Gasteiger partial charge in [-0.15, -0.1) is 0 Å². The number of nitrogens with one attached hydrogen (secondary N) is 1. The van der Waals surface area contributed by atoms with Crippen molar-refractivity contribution in [1.29, 1.82) is 0 Å². The minimum Gasteiger partial charge on any atom is -0.493 e. The molecule has 134 valence electrons. The molecular weight excluding hydrogens is 304 g/mol. The molecule has 1 saturated carbocycles. The summed E-state index contributed by atoms with van der Waals surface area (Å²) in [5, 5.41) is 3.20. The summed E-state index contributed by atoms with van der Waals surface area (Å²) in [6, 6.07) is 6.14. The molecule has 2 rings (SSSR count). The van der Waals surface area contributed by atoms with Crippen LogP contribution in [-0.4, -0.2) is 44.7 Å². The van der Waals surface area contributed by atoms with Gasteiger partial charge in [-0.2, -0.15) is 0 Å². The lowest BCUT2D eigenvalue weighted by molar-refractivity contribution is -0.123. The average Bonchev–Trinajstić information content (AvgIpc) is 2.56. The van der Waals surface area contributed by atoms with Gasteiger partial charge in [0.1, 0.15) is 0 Å². The highest BCUT2D eigenvalue weighted by Crippen LogP contribution is 2.31. The van der Waals surface area contributed by atoms with Gasteiger partial charge in [0.15, 0.2) is 11.5 Å². The number of nitrogens with zero attached hydrogens (tertiary/aromatic N) is 1. The molecule has 1 amide bonds. The largest absolute Gasteiger partial charge is 0.493 e. The van der Waals surface area contributed by atoms with E-state index in [1.807, 2.05) is 30.1 Å². The fraction of sp³-hybridized carbons (Fsp3) is 0.632. The van der Waals surface area contributed by atoms with Gasteiger partial charge in [0.2, 0.25) is 5.91 Å². The molecule has 1 aromatic carbocycles. The molecule has 0 bridgehead atoms. The van der Waals surface area contributed by atoms with Crippen molar-refractivity contribution in [1.82, 2.24) is 10.2 Å². The maximum atomic E-state index is 12.3. The van der Waals surface area contributed by atoms with Crippen LogP contribution in [0.4, 0.5) is 0 Å². The van der Waals surface area contributed by atoms with Crippen molar-refractivity contribution >= 4 is 5.91 Å². The van der Waals surface area contributed by atoms with Crippen LogP contribution >= 0.6 is 0 Å². The molecule has 1 aliphatic rings. The summed E-state index contributed by atoms with van der Waals surface area (Å²) in [4.78, 5) is 14.3. The highest BCUT2D eigenvalue weighted by molar-refractivity contribution is 5.78. The zero-order valence-electron chi connectivity index (χ0n) is 15.3. The molecule has 1 aliphatic carbocycles. The Hall–Kier alpha value is -1.75. The Kier molecular flexibility index (Phi) is 6.91. The first kappa shape index (κ1) is 18.6. The Morgan fingerprint density at radius 2 is 2.00 bits per heavy atom. The second kappa shape index (κ2) is 8.92. The lowest BCUT2D eigenvalue weighted by atomic mass is 9.86. The summed E-state index contributed by atoms with van der Waals surface area (Å²) in [5.41, 5.74) is 1.01. The van der Waals surface area contributed by atoms with Crippen LogP contribution in [0.15, 0.2) is 18.2 Å². The molecule has 0 radical (unpaired) electrons. The highest BCUT2D eigenvalue weighted by Gasteiger charge is 2.23. The van der Waals surface area contributed by atoms with Crippen LogP contribution in [0.25, 0.3) is 0 Å². The van der Waals surface area contributed by atoms with E-state index in [-0.39, 0.29) is 5.91 Å². The molecule has 5 heteroatoms. The topological polar surface area (TPSA) is 50.8 Å². The summed E-state index contributed by atoms with van der Waals surface area (Å²) in [6.45, 7) is 3.24. The second-order valence-electron chi connectivity index (χ2n) is 6.76. The molecule has 1 aromatic rings. The fourth-order valence-electron chi connectivity index (χ4n) is 3.45. The summed E-state index contributed by atoms with van der Waals surface area (Å²) >= 11 is 0. The molecule has 0 spiro atoms. The zero-order valence-corrected chi connectivity index (χ0v) is 15.3. The monoisotopic (exact) mass is 334 g/mol. The Morgan fingerprint density at radius 1 is 1.25 bits per heavy atom. The molecule has 0 saturated heterocycles. The van der Waals surface area contributed by atoms with Gasteiger partial charge < -0.3 is 14.8 Å². The third-order valence-corrected chi connectivity index (χ3v) is 4.80. The van der Waals surface area contributed by atoms with Crippen LogP contribution in [-0.2, 0) is 11.3 Å². The van der Waals surface area contributed by atoms with Crippen molar-refractivity contribution in [2.45, 2.75) is 45.2 Å². The number of hydrogen-bond donors (Lipinski definition) is 1. The number of rotatable bonds is 7. The van der Waals surface area contributed by atoms with Crippen LogP contribution in [0, 0.1) is 5.92 Å². The Morgan fingerprint density at radius 3 is 2.67 bits per heavy atom. The van der Waals surface area contributed by atoms with Crippen LogP contribution < -0.4 is 14.8 Å². The number of carbonyl (C=O) groups excluding carboxylic acids is 1. The molecule has 24 heavy (non-hydrogen) atoms. The molecule has 2 atom stereocenters. The van der Waals surface area contributed by atoms with E-state index in [0.717, 1.165) is 17.7 Å². The number of ether oxygens (including phenoxy) is 2. The smallest absolute Gasteiger partial charge is 0.234 e. The third kappa shape index (κ3) is 4.87. The van der Waals surface area contributed by atoms with Crippen LogP contribution in [0.1, 0.15) is 38.2 Å². The number of amides is 1. The molecule has 5 nitrogen and oxygen atoms in total. The highest BCUT2D eigenvalue weighted by atomic mass is 16.5. The predicted molar refractivity (Wildman–Crippen MR) is 95.4 cm³/mol. The normalized spacial score (nSPS) is 20.7. The first-order chi connectivity index (χ1) is 11.5. The van der Waals surface area contributed by atoms with E-state index in [2.05, 4.69) is 12.2 Å². The maximum absolute atomic E-state index is 12.3. The zero-order chi connectivity index (χ0) is 17.5. The fourth-order valence-corrected chi connectivity index (χ4v) is 3.45. The van der Waals surface area contributed by atoms with Gasteiger partial charge in [-0.25, -0.2) is 0 Å². The van der Waals surface area contributed by atoms with Crippen LogP contribution in [0.2, 0.25) is 0 Å². The Labute approximate surface area is 145 Å². The Bertz CT molecular complexity index is 547. The minimum absolute atomic E-state index is 0.0955. The van der Waals surface area contributed by atoms with E-state index in [0.29, 0.717) is 30.8 Å². The van der Waals surface area contributed by atoms with Gasteiger partial charge in [-0.3, -0.25) is 9.69 Å². The summed E-state index contributed by atoms with van der Waals surface area (Å²) in [5.74, 6) is 2.11. The van der Waals surface area contributed by atoms with E-state index in [4.69, 9.17) is 9.47 Å². The summed E-state index contributed by atoms with van der Waals surface area (Å²) in [6.07, 6.45) is 4.80. The lowest BCUT2D eigenvalue weighted by Crippen LogP contribution is -2.44. The van der Waals surface area contributed by atoms with E-state index >= 15 is 0 Å². The molecule has 0 heterocycles. The summed E-state index contributed by atoms with van der Waals surface area (Å²) in [7, 11) is 5.21. The lowest BCUT2D eigenvalue weighted by Gasteiger charge is -2.30. The Balaban J connectivity index is 1.91. The van der Waals surface area contributed by atoms with Gasteiger partial charge in [0.25, 0.3) is 0 Å². The summed E-state index contributed by atoms with van der Waals surface area (Å²) < 4.78 is 10.8. The van der Waals surface area contributed by atoms with Crippen molar-refractivity contribution in [2.75, 3.05) is 27.8 Å². The quantitative estimate of drug-likeness (QED) is 0.833. The van der Waals surface area contributed by atoms with Gasteiger partial charge in [-0.05, 0) is 31.9 Å². The predicted octanol–water partition coefficient (Wildman–Crippen LogP) is 2.83. The van der Waals surface area contributed by atoms with E-state index in [9.17, 15) is 4.79 Å². The van der Waals surface area contributed by atoms with Crippen molar-refractivity contribution < 1.29 is 14.3 Å². The molecule has 0 aromatic heterocycles. The van der Waals surface area contributed by atoms with Gasteiger partial charge in [-0.1, -0.05) is 31.9 Å². The molecular formula is C19H30N2O3.